The number of carbonyl (C=O) groups is 1. The maximum atomic E-state index is 11.4. The fraction of sp³-hybridized carbons (Fsp3) is 0.417. The van der Waals surface area contributed by atoms with Gasteiger partial charge in [0.15, 0.2) is 0 Å². The number of benzene rings is 1. The van der Waals surface area contributed by atoms with Crippen LogP contribution in [0.5, 0.6) is 0 Å². The molecule has 2 rings (SSSR count). The van der Waals surface area contributed by atoms with Crippen LogP contribution < -0.4 is 10.6 Å². The lowest BCUT2D eigenvalue weighted by Crippen LogP contribution is -2.50. The lowest BCUT2D eigenvalue weighted by atomic mass is 10.2. The molecule has 0 atom stereocenters. The monoisotopic (exact) mass is 289 g/mol. The highest BCUT2D eigenvalue weighted by Gasteiger charge is 2.21. The average Bonchev–Trinajstić information content (AvgIpc) is 2.39. The van der Waals surface area contributed by atoms with Crippen LogP contribution in [0.15, 0.2) is 24.3 Å². The molecule has 0 unspecified atom stereocenters. The SMILES string of the molecule is Cl.NCC(=O)N1CCN(c2ccccc2Cl)CC1. The van der Waals surface area contributed by atoms with Crippen LogP contribution in [0.1, 0.15) is 0 Å². The maximum absolute atomic E-state index is 11.4. The molecule has 18 heavy (non-hydrogen) atoms. The lowest BCUT2D eigenvalue weighted by molar-refractivity contribution is -0.129. The van der Waals surface area contributed by atoms with Gasteiger partial charge in [-0.15, -0.1) is 12.4 Å². The predicted molar refractivity (Wildman–Crippen MR) is 76.5 cm³/mol. The van der Waals surface area contributed by atoms with Crippen LogP contribution in [0, 0.1) is 0 Å². The number of nitrogens with two attached hydrogens (primary N) is 1. The average molecular weight is 290 g/mol. The molecule has 1 heterocycles. The van der Waals surface area contributed by atoms with Gasteiger partial charge in [0.2, 0.25) is 5.91 Å². The van der Waals surface area contributed by atoms with E-state index in [0.717, 1.165) is 23.8 Å². The van der Waals surface area contributed by atoms with E-state index >= 15 is 0 Å². The Labute approximate surface area is 118 Å². The van der Waals surface area contributed by atoms with E-state index < -0.39 is 0 Å². The molecule has 0 aliphatic carbocycles. The fourth-order valence-corrected chi connectivity index (χ4v) is 2.29. The van der Waals surface area contributed by atoms with Gasteiger partial charge in [-0.1, -0.05) is 23.7 Å². The minimum absolute atomic E-state index is 0. The summed E-state index contributed by atoms with van der Waals surface area (Å²) < 4.78 is 0. The molecule has 6 heteroatoms. The number of anilines is 1. The van der Waals surface area contributed by atoms with Gasteiger partial charge in [0.1, 0.15) is 0 Å². The first-order valence-corrected chi connectivity index (χ1v) is 6.07. The van der Waals surface area contributed by atoms with Crippen molar-refractivity contribution in [3.05, 3.63) is 29.3 Å². The van der Waals surface area contributed by atoms with E-state index in [-0.39, 0.29) is 24.9 Å². The first-order chi connectivity index (χ1) is 8.22. The molecule has 0 bridgehead atoms. The van der Waals surface area contributed by atoms with Crippen molar-refractivity contribution in [2.45, 2.75) is 0 Å². The summed E-state index contributed by atoms with van der Waals surface area (Å²) in [5.74, 6) is 0.0174. The van der Waals surface area contributed by atoms with E-state index in [2.05, 4.69) is 4.90 Å². The third-order valence-corrected chi connectivity index (χ3v) is 3.32. The van der Waals surface area contributed by atoms with E-state index in [1.54, 1.807) is 4.90 Å². The quantitative estimate of drug-likeness (QED) is 0.895. The van der Waals surface area contributed by atoms with Gasteiger partial charge in [0.25, 0.3) is 0 Å². The number of nitrogens with zero attached hydrogens (tertiary/aromatic N) is 2. The standard InChI is InChI=1S/C12H16ClN3O.ClH/c13-10-3-1-2-4-11(10)15-5-7-16(8-6-15)12(17)9-14;/h1-4H,5-9,14H2;1H. The van der Waals surface area contributed by atoms with Gasteiger partial charge in [-0.3, -0.25) is 4.79 Å². The Hall–Kier alpha value is -0.970. The number of hydrogen-bond donors (Lipinski definition) is 1. The second-order valence-corrected chi connectivity index (χ2v) is 4.43. The molecule has 1 fully saturated rings. The normalized spacial score (nSPS) is 15.2. The predicted octanol–water partition coefficient (Wildman–Crippen LogP) is 1.37. The summed E-state index contributed by atoms with van der Waals surface area (Å²) in [6, 6.07) is 7.77. The zero-order chi connectivity index (χ0) is 12.3. The number of carbonyl (C=O) groups excluding carboxylic acids is 1. The molecule has 1 aromatic carbocycles. The summed E-state index contributed by atoms with van der Waals surface area (Å²) in [6.07, 6.45) is 0. The largest absolute Gasteiger partial charge is 0.367 e. The molecule has 1 saturated heterocycles. The molecule has 2 N–H and O–H groups in total. The zero-order valence-electron chi connectivity index (χ0n) is 10.0. The number of amides is 1. The summed E-state index contributed by atoms with van der Waals surface area (Å²) >= 11 is 6.14. The van der Waals surface area contributed by atoms with Gasteiger partial charge in [-0.25, -0.2) is 0 Å². The molecular weight excluding hydrogens is 273 g/mol. The Kier molecular flexibility index (Phi) is 5.72. The number of para-hydroxylation sites is 1. The minimum atomic E-state index is 0. The summed E-state index contributed by atoms with van der Waals surface area (Å²) in [6.45, 7) is 3.11. The van der Waals surface area contributed by atoms with Gasteiger partial charge in [0, 0.05) is 26.2 Å². The molecule has 0 radical (unpaired) electrons. The molecule has 0 spiro atoms. The Balaban J connectivity index is 0.00000162. The number of piperazine rings is 1. The molecule has 1 aliphatic rings. The van der Waals surface area contributed by atoms with Crippen molar-refractivity contribution in [1.82, 2.24) is 4.90 Å². The lowest BCUT2D eigenvalue weighted by Gasteiger charge is -2.36. The summed E-state index contributed by atoms with van der Waals surface area (Å²) in [7, 11) is 0. The molecule has 0 aromatic heterocycles. The van der Waals surface area contributed by atoms with Crippen LogP contribution in [0.25, 0.3) is 0 Å². The van der Waals surface area contributed by atoms with Gasteiger partial charge in [-0.2, -0.15) is 0 Å². The highest BCUT2D eigenvalue weighted by molar-refractivity contribution is 6.33. The summed E-state index contributed by atoms with van der Waals surface area (Å²) in [5, 5.41) is 0.756. The Morgan fingerprint density at radius 2 is 1.83 bits per heavy atom. The molecular formula is C12H17Cl2N3O. The van der Waals surface area contributed by atoms with E-state index in [1.165, 1.54) is 0 Å². The highest BCUT2D eigenvalue weighted by Crippen LogP contribution is 2.25. The van der Waals surface area contributed by atoms with Crippen LogP contribution >= 0.6 is 24.0 Å². The molecule has 4 nitrogen and oxygen atoms in total. The minimum Gasteiger partial charge on any atom is -0.367 e. The van der Waals surface area contributed by atoms with Gasteiger partial charge in [-0.05, 0) is 12.1 Å². The van der Waals surface area contributed by atoms with Crippen LogP contribution in [-0.4, -0.2) is 43.5 Å². The Morgan fingerprint density at radius 3 is 2.39 bits per heavy atom. The first-order valence-electron chi connectivity index (χ1n) is 5.69. The van der Waals surface area contributed by atoms with Crippen LogP contribution in [0.3, 0.4) is 0 Å². The summed E-state index contributed by atoms with van der Waals surface area (Å²) in [4.78, 5) is 15.4. The second-order valence-electron chi connectivity index (χ2n) is 4.02. The van der Waals surface area contributed by atoms with Crippen molar-refractivity contribution in [2.75, 3.05) is 37.6 Å². The molecule has 1 aromatic rings. The van der Waals surface area contributed by atoms with Gasteiger partial charge in [0.05, 0.1) is 17.3 Å². The highest BCUT2D eigenvalue weighted by atomic mass is 35.5. The smallest absolute Gasteiger partial charge is 0.236 e. The van der Waals surface area contributed by atoms with Gasteiger partial charge < -0.3 is 15.5 Å². The molecule has 1 amide bonds. The van der Waals surface area contributed by atoms with Crippen LogP contribution in [0.4, 0.5) is 5.69 Å². The fourth-order valence-electron chi connectivity index (χ4n) is 2.03. The topological polar surface area (TPSA) is 49.6 Å². The first kappa shape index (κ1) is 15.1. The van der Waals surface area contributed by atoms with Crippen molar-refractivity contribution >= 4 is 35.6 Å². The van der Waals surface area contributed by atoms with Crippen molar-refractivity contribution in [1.29, 1.82) is 0 Å². The van der Waals surface area contributed by atoms with Crippen molar-refractivity contribution in [3.63, 3.8) is 0 Å². The second kappa shape index (κ2) is 6.83. The van der Waals surface area contributed by atoms with Crippen molar-refractivity contribution in [3.8, 4) is 0 Å². The zero-order valence-corrected chi connectivity index (χ0v) is 11.6. The van der Waals surface area contributed by atoms with Crippen LogP contribution in [-0.2, 0) is 4.79 Å². The van der Waals surface area contributed by atoms with Crippen molar-refractivity contribution in [2.24, 2.45) is 5.73 Å². The third-order valence-electron chi connectivity index (χ3n) is 3.00. The Bertz CT molecular complexity index is 406. The molecule has 1 aliphatic heterocycles. The molecule has 0 saturated carbocycles. The van der Waals surface area contributed by atoms with Gasteiger partial charge >= 0.3 is 0 Å². The van der Waals surface area contributed by atoms with E-state index in [9.17, 15) is 4.79 Å². The molecule has 100 valence electrons. The maximum Gasteiger partial charge on any atom is 0.236 e. The van der Waals surface area contributed by atoms with Crippen molar-refractivity contribution < 1.29 is 4.79 Å². The Morgan fingerprint density at radius 1 is 1.22 bits per heavy atom. The summed E-state index contributed by atoms with van der Waals surface area (Å²) in [5.41, 5.74) is 6.38. The number of hydrogen-bond acceptors (Lipinski definition) is 3. The van der Waals surface area contributed by atoms with E-state index in [0.29, 0.717) is 13.1 Å². The van der Waals surface area contributed by atoms with E-state index in [1.807, 2.05) is 24.3 Å². The number of rotatable bonds is 2. The van der Waals surface area contributed by atoms with E-state index in [4.69, 9.17) is 17.3 Å². The van der Waals surface area contributed by atoms with Crippen LogP contribution in [0.2, 0.25) is 5.02 Å². The number of halogens is 2. The third kappa shape index (κ3) is 3.28.